The van der Waals surface area contributed by atoms with E-state index in [0.717, 1.165) is 11.3 Å². The Balaban J connectivity index is 2.39. The predicted molar refractivity (Wildman–Crippen MR) is 80.7 cm³/mol. The molecule has 3 N–H and O–H groups in total. The third-order valence-corrected chi connectivity index (χ3v) is 5.46. The second kappa shape index (κ2) is 5.50. The third-order valence-electron chi connectivity index (χ3n) is 2.34. The fraction of sp³-hybridized carbons (Fsp3) is 0. The van der Waals surface area contributed by atoms with Gasteiger partial charge in [0.2, 0.25) is 0 Å². The highest BCUT2D eigenvalue weighted by Gasteiger charge is 2.21. The van der Waals surface area contributed by atoms with Crippen molar-refractivity contribution in [3.05, 3.63) is 38.5 Å². The van der Waals surface area contributed by atoms with E-state index in [9.17, 15) is 8.42 Å². The highest BCUT2D eigenvalue weighted by Crippen LogP contribution is 2.35. The first-order chi connectivity index (χ1) is 9.33. The van der Waals surface area contributed by atoms with Gasteiger partial charge in [0.1, 0.15) is 9.23 Å². The molecule has 0 spiro atoms. The highest BCUT2D eigenvalue weighted by atomic mass is 35.5. The van der Waals surface area contributed by atoms with E-state index in [1.807, 2.05) is 6.07 Å². The summed E-state index contributed by atoms with van der Waals surface area (Å²) in [6.07, 6.45) is 0. The lowest BCUT2D eigenvalue weighted by molar-refractivity contribution is 0.601. The normalized spacial score (nSPS) is 11.1. The number of nitrogens with two attached hydrogens (primary N) is 1. The highest BCUT2D eigenvalue weighted by molar-refractivity contribution is 7.93. The molecular weight excluding hydrogens is 341 g/mol. The fourth-order valence-corrected chi connectivity index (χ4v) is 4.67. The van der Waals surface area contributed by atoms with Crippen LogP contribution in [0.1, 0.15) is 5.56 Å². The molecule has 0 aliphatic carbocycles. The zero-order chi connectivity index (χ0) is 14.9. The number of nitrogens with one attached hydrogen (secondary N) is 1. The molecule has 1 aromatic carbocycles. The average Bonchev–Trinajstić information content (AvgIpc) is 2.71. The lowest BCUT2D eigenvalue weighted by Crippen LogP contribution is -2.13. The second-order valence-corrected chi connectivity index (χ2v) is 7.64. The van der Waals surface area contributed by atoms with Crippen LogP contribution in [0.4, 0.5) is 11.4 Å². The lowest BCUT2D eigenvalue weighted by Gasteiger charge is -2.09. The van der Waals surface area contributed by atoms with Gasteiger partial charge in [0.05, 0.1) is 27.3 Å². The summed E-state index contributed by atoms with van der Waals surface area (Å²) in [6.45, 7) is 0. The largest absolute Gasteiger partial charge is 0.397 e. The van der Waals surface area contributed by atoms with Gasteiger partial charge in [-0.25, -0.2) is 8.42 Å². The Bertz CT molecular complexity index is 810. The van der Waals surface area contributed by atoms with Crippen molar-refractivity contribution in [3.63, 3.8) is 0 Å². The summed E-state index contributed by atoms with van der Waals surface area (Å²) in [5.74, 6) is 0. The summed E-state index contributed by atoms with van der Waals surface area (Å²) >= 11 is 12.5. The van der Waals surface area contributed by atoms with Crippen molar-refractivity contribution >= 4 is 55.9 Å². The van der Waals surface area contributed by atoms with Crippen LogP contribution in [-0.4, -0.2) is 8.42 Å². The molecule has 2 rings (SSSR count). The number of hydrogen-bond donors (Lipinski definition) is 2. The molecule has 20 heavy (non-hydrogen) atoms. The van der Waals surface area contributed by atoms with Gasteiger partial charge >= 0.3 is 0 Å². The van der Waals surface area contributed by atoms with Crippen LogP contribution < -0.4 is 10.5 Å². The van der Waals surface area contributed by atoms with Crippen molar-refractivity contribution < 1.29 is 8.42 Å². The lowest BCUT2D eigenvalue weighted by atomic mass is 10.2. The second-order valence-electron chi connectivity index (χ2n) is 3.71. The molecule has 0 bridgehead atoms. The molecule has 1 aromatic heterocycles. The number of nitrogen functional groups attached to an aromatic ring is 1. The van der Waals surface area contributed by atoms with Crippen LogP contribution in [-0.2, 0) is 10.0 Å². The zero-order valence-electron chi connectivity index (χ0n) is 9.72. The maximum atomic E-state index is 12.2. The molecule has 1 heterocycles. The number of thiophene rings is 1. The number of benzene rings is 1. The van der Waals surface area contributed by atoms with E-state index in [4.69, 9.17) is 34.2 Å². The summed E-state index contributed by atoms with van der Waals surface area (Å²) < 4.78 is 27.0. The molecule has 0 saturated heterocycles. The topological polar surface area (TPSA) is 96.0 Å². The maximum absolute atomic E-state index is 12.2. The van der Waals surface area contributed by atoms with Gasteiger partial charge < -0.3 is 5.73 Å². The van der Waals surface area contributed by atoms with Crippen LogP contribution in [0.3, 0.4) is 0 Å². The van der Waals surface area contributed by atoms with E-state index in [-0.39, 0.29) is 24.9 Å². The molecule has 0 amide bonds. The zero-order valence-corrected chi connectivity index (χ0v) is 12.9. The van der Waals surface area contributed by atoms with Gasteiger partial charge in [-0.05, 0) is 24.3 Å². The van der Waals surface area contributed by atoms with Crippen LogP contribution >= 0.6 is 34.5 Å². The molecular formula is C11H7Cl2N3O2S2. The minimum atomic E-state index is -3.88. The van der Waals surface area contributed by atoms with E-state index < -0.39 is 10.0 Å². The maximum Gasteiger partial charge on any atom is 0.264 e. The van der Waals surface area contributed by atoms with Crippen molar-refractivity contribution in [1.82, 2.24) is 0 Å². The Hall–Kier alpha value is -1.46. The Kier molecular flexibility index (Phi) is 4.11. The summed E-state index contributed by atoms with van der Waals surface area (Å²) in [7, 11) is -3.88. The summed E-state index contributed by atoms with van der Waals surface area (Å²) in [5.41, 5.74) is 6.34. The van der Waals surface area contributed by atoms with Crippen LogP contribution in [0, 0.1) is 11.3 Å². The molecule has 9 heteroatoms. The standard InChI is InChI=1S/C11H7Cl2N3O2S2/c12-10-4-9(11(13)19-10)20(17,18)16-8-2-1-6(5-14)3-7(8)15/h1-4,16H,15H2. The monoisotopic (exact) mass is 347 g/mol. The Morgan fingerprint density at radius 2 is 2.00 bits per heavy atom. The molecule has 0 fully saturated rings. The van der Waals surface area contributed by atoms with E-state index >= 15 is 0 Å². The van der Waals surface area contributed by atoms with Gasteiger partial charge in [0, 0.05) is 0 Å². The Morgan fingerprint density at radius 3 is 2.50 bits per heavy atom. The van der Waals surface area contributed by atoms with Crippen LogP contribution in [0.15, 0.2) is 29.2 Å². The number of rotatable bonds is 3. The van der Waals surface area contributed by atoms with E-state index in [1.54, 1.807) is 0 Å². The van der Waals surface area contributed by atoms with E-state index in [1.165, 1.54) is 24.3 Å². The first kappa shape index (κ1) is 14.9. The van der Waals surface area contributed by atoms with Gasteiger partial charge in [0.25, 0.3) is 10.0 Å². The number of hydrogen-bond acceptors (Lipinski definition) is 5. The van der Waals surface area contributed by atoms with Crippen molar-refractivity contribution in [2.45, 2.75) is 4.90 Å². The average molecular weight is 348 g/mol. The summed E-state index contributed by atoms with van der Waals surface area (Å²) in [6, 6.07) is 7.41. The quantitative estimate of drug-likeness (QED) is 0.832. The molecule has 0 saturated carbocycles. The van der Waals surface area contributed by atoms with Gasteiger partial charge in [-0.3, -0.25) is 4.72 Å². The molecule has 0 aliphatic rings. The summed E-state index contributed by atoms with van der Waals surface area (Å²) in [5, 5.41) is 8.73. The van der Waals surface area contributed by atoms with E-state index in [2.05, 4.69) is 4.72 Å². The van der Waals surface area contributed by atoms with Gasteiger partial charge in [0.15, 0.2) is 0 Å². The molecule has 0 unspecified atom stereocenters. The molecule has 0 aliphatic heterocycles. The summed E-state index contributed by atoms with van der Waals surface area (Å²) in [4.78, 5) is -0.113. The molecule has 5 nitrogen and oxygen atoms in total. The SMILES string of the molecule is N#Cc1ccc(NS(=O)(=O)c2cc(Cl)sc2Cl)c(N)c1. The van der Waals surface area contributed by atoms with Crippen LogP contribution in [0.25, 0.3) is 0 Å². The molecule has 0 atom stereocenters. The number of halogens is 2. The van der Waals surface area contributed by atoms with Gasteiger partial charge in [-0.1, -0.05) is 23.2 Å². The Morgan fingerprint density at radius 1 is 1.30 bits per heavy atom. The fourth-order valence-electron chi connectivity index (χ4n) is 1.43. The molecule has 104 valence electrons. The van der Waals surface area contributed by atoms with Crippen molar-refractivity contribution in [2.24, 2.45) is 0 Å². The third kappa shape index (κ3) is 2.99. The van der Waals surface area contributed by atoms with E-state index in [0.29, 0.717) is 5.56 Å². The Labute approximate surface area is 129 Å². The number of nitrogens with zero attached hydrogens (tertiary/aromatic N) is 1. The van der Waals surface area contributed by atoms with Gasteiger partial charge in [-0.15, -0.1) is 11.3 Å². The molecule has 0 radical (unpaired) electrons. The first-order valence-electron chi connectivity index (χ1n) is 5.11. The van der Waals surface area contributed by atoms with Crippen molar-refractivity contribution in [3.8, 4) is 6.07 Å². The number of anilines is 2. The first-order valence-corrected chi connectivity index (χ1v) is 8.16. The van der Waals surface area contributed by atoms with Crippen molar-refractivity contribution in [1.29, 1.82) is 5.26 Å². The smallest absolute Gasteiger partial charge is 0.264 e. The number of sulfonamides is 1. The van der Waals surface area contributed by atoms with Crippen LogP contribution in [0.2, 0.25) is 8.67 Å². The minimum Gasteiger partial charge on any atom is -0.397 e. The molecule has 2 aromatic rings. The minimum absolute atomic E-state index is 0.0646. The van der Waals surface area contributed by atoms with Gasteiger partial charge in [-0.2, -0.15) is 5.26 Å². The number of nitriles is 1. The predicted octanol–water partition coefficient (Wildman–Crippen LogP) is 3.31. The van der Waals surface area contributed by atoms with Crippen molar-refractivity contribution in [2.75, 3.05) is 10.5 Å². The van der Waals surface area contributed by atoms with Crippen LogP contribution in [0.5, 0.6) is 0 Å².